The van der Waals surface area contributed by atoms with Crippen LogP contribution >= 0.6 is 0 Å². The Bertz CT molecular complexity index is 438. The molecule has 23 heavy (non-hydrogen) atoms. The van der Waals surface area contributed by atoms with Crippen molar-refractivity contribution in [2.45, 2.75) is 12.2 Å². The number of ether oxygens (including phenoxy) is 5. The largest absolute Gasteiger partial charge is 0.469 e. The average Bonchev–Trinajstić information content (AvgIpc) is 3.14. The maximum Gasteiger partial charge on any atom is 0.312 e. The lowest BCUT2D eigenvalue weighted by Gasteiger charge is -2.32. The fourth-order valence-electron chi connectivity index (χ4n) is 3.45. The third-order valence-electron chi connectivity index (χ3n) is 4.40. The van der Waals surface area contributed by atoms with Crippen LogP contribution in [0.5, 0.6) is 0 Å². The molecule has 0 saturated carbocycles. The first-order chi connectivity index (χ1) is 10.9. The van der Waals surface area contributed by atoms with E-state index in [2.05, 4.69) is 0 Å². The Morgan fingerprint density at radius 1 is 0.565 bits per heavy atom. The Kier molecular flexibility index (Phi) is 4.88. The molecule has 0 aromatic carbocycles. The number of esters is 4. The van der Waals surface area contributed by atoms with Crippen molar-refractivity contribution < 1.29 is 42.9 Å². The van der Waals surface area contributed by atoms with Crippen molar-refractivity contribution in [3.63, 3.8) is 0 Å². The second-order valence-electron chi connectivity index (χ2n) is 5.26. The van der Waals surface area contributed by atoms with E-state index in [1.165, 1.54) is 0 Å². The molecule has 2 fully saturated rings. The predicted octanol–water partition coefficient (Wildman–Crippen LogP) is -1.08. The highest BCUT2D eigenvalue weighted by atomic mass is 16.6. The summed E-state index contributed by atoms with van der Waals surface area (Å²) >= 11 is 0. The highest BCUT2D eigenvalue weighted by molar-refractivity contribution is 5.90. The van der Waals surface area contributed by atoms with E-state index in [-0.39, 0.29) is 0 Å². The Labute approximate surface area is 132 Å². The fourth-order valence-corrected chi connectivity index (χ4v) is 3.45. The number of hydrogen-bond acceptors (Lipinski definition) is 9. The molecular weight excluding hydrogens is 312 g/mol. The van der Waals surface area contributed by atoms with Crippen molar-refractivity contribution in [1.29, 1.82) is 0 Å². The van der Waals surface area contributed by atoms with Crippen molar-refractivity contribution in [3.05, 3.63) is 0 Å². The summed E-state index contributed by atoms with van der Waals surface area (Å²) in [6.45, 7) is 0. The molecule has 2 aliphatic heterocycles. The lowest BCUT2D eigenvalue weighted by atomic mass is 9.68. The minimum atomic E-state index is -1.05. The van der Waals surface area contributed by atoms with Crippen molar-refractivity contribution in [3.8, 4) is 0 Å². The summed E-state index contributed by atoms with van der Waals surface area (Å²) in [5, 5.41) is 0. The van der Waals surface area contributed by atoms with Crippen LogP contribution in [0.15, 0.2) is 0 Å². The number of methoxy groups -OCH3 is 4. The average molecular weight is 330 g/mol. The highest BCUT2D eigenvalue weighted by Crippen LogP contribution is 2.51. The first kappa shape index (κ1) is 17.2. The third kappa shape index (κ3) is 2.54. The molecule has 0 aromatic heterocycles. The topological polar surface area (TPSA) is 114 Å². The normalized spacial score (nSPS) is 34.6. The standard InChI is InChI=1S/C14H18O9/c1-19-11(15)5-6(12(16)20-2)10-8(14(18)22-4)7(9(5)23-10)13(17)21-3/h5-10H,1-4H3/t5-,6+,7+,8-,9?,10?. The molecule has 0 aromatic rings. The summed E-state index contributed by atoms with van der Waals surface area (Å²) in [5.41, 5.74) is 0. The number of rotatable bonds is 4. The zero-order chi connectivity index (χ0) is 17.3. The quantitative estimate of drug-likeness (QED) is 0.469. The molecular formula is C14H18O9. The molecule has 2 bridgehead atoms. The SMILES string of the molecule is COC(=O)[C@@H]1C2OC([C@@H](C(=O)OC)[C@H]2C(=O)OC)[C@@H]1C(=O)OC. The van der Waals surface area contributed by atoms with Gasteiger partial charge in [-0.1, -0.05) is 0 Å². The van der Waals surface area contributed by atoms with Gasteiger partial charge in [0.05, 0.1) is 64.3 Å². The minimum absolute atomic E-state index is 0.717. The Morgan fingerprint density at radius 3 is 0.957 bits per heavy atom. The van der Waals surface area contributed by atoms with Crippen molar-refractivity contribution in [2.24, 2.45) is 23.7 Å². The van der Waals surface area contributed by atoms with Crippen molar-refractivity contribution >= 4 is 23.9 Å². The molecule has 0 amide bonds. The van der Waals surface area contributed by atoms with Crippen LogP contribution in [0.25, 0.3) is 0 Å². The van der Waals surface area contributed by atoms with Gasteiger partial charge in [-0.25, -0.2) is 0 Å². The third-order valence-corrected chi connectivity index (χ3v) is 4.40. The van der Waals surface area contributed by atoms with Crippen LogP contribution in [0, 0.1) is 23.7 Å². The van der Waals surface area contributed by atoms with E-state index < -0.39 is 59.8 Å². The second-order valence-corrected chi connectivity index (χ2v) is 5.26. The molecule has 2 saturated heterocycles. The minimum Gasteiger partial charge on any atom is -0.469 e. The Balaban J connectivity index is 2.46. The van der Waals surface area contributed by atoms with Gasteiger partial charge in [0.1, 0.15) is 0 Å². The summed E-state index contributed by atoms with van der Waals surface area (Å²) in [6.07, 6.45) is -2.04. The number of carbonyl (C=O) groups is 4. The van der Waals surface area contributed by atoms with Crippen LogP contribution in [-0.4, -0.2) is 64.5 Å². The van der Waals surface area contributed by atoms with Gasteiger partial charge in [-0.05, 0) is 0 Å². The van der Waals surface area contributed by atoms with Crippen LogP contribution in [0.3, 0.4) is 0 Å². The molecule has 9 nitrogen and oxygen atoms in total. The van der Waals surface area contributed by atoms with E-state index in [1.54, 1.807) is 0 Å². The first-order valence-electron chi connectivity index (χ1n) is 6.89. The van der Waals surface area contributed by atoms with E-state index in [4.69, 9.17) is 23.7 Å². The van der Waals surface area contributed by atoms with Gasteiger partial charge < -0.3 is 23.7 Å². The molecule has 2 rings (SSSR count). The van der Waals surface area contributed by atoms with Crippen LogP contribution in [0.2, 0.25) is 0 Å². The summed E-state index contributed by atoms with van der Waals surface area (Å²) in [7, 11) is 4.64. The molecule has 2 unspecified atom stereocenters. The fraction of sp³-hybridized carbons (Fsp3) is 0.714. The first-order valence-corrected chi connectivity index (χ1v) is 6.89. The molecule has 0 aliphatic carbocycles. The Hall–Kier alpha value is -2.16. The monoisotopic (exact) mass is 330 g/mol. The van der Waals surface area contributed by atoms with E-state index in [9.17, 15) is 19.2 Å². The molecule has 0 spiro atoms. The van der Waals surface area contributed by atoms with Crippen LogP contribution in [0.1, 0.15) is 0 Å². The maximum atomic E-state index is 12.1. The zero-order valence-corrected chi connectivity index (χ0v) is 13.1. The van der Waals surface area contributed by atoms with Crippen molar-refractivity contribution in [1.82, 2.24) is 0 Å². The van der Waals surface area contributed by atoms with E-state index in [0.717, 1.165) is 28.4 Å². The summed E-state index contributed by atoms with van der Waals surface area (Å²) in [4.78, 5) is 48.2. The van der Waals surface area contributed by atoms with Gasteiger partial charge >= 0.3 is 23.9 Å². The van der Waals surface area contributed by atoms with Gasteiger partial charge in [-0.3, -0.25) is 19.2 Å². The van der Waals surface area contributed by atoms with Gasteiger partial charge in [0.15, 0.2) is 0 Å². The smallest absolute Gasteiger partial charge is 0.312 e. The molecule has 6 atom stereocenters. The molecule has 128 valence electrons. The van der Waals surface area contributed by atoms with Gasteiger partial charge in [0, 0.05) is 0 Å². The van der Waals surface area contributed by atoms with E-state index in [1.807, 2.05) is 0 Å². The van der Waals surface area contributed by atoms with E-state index >= 15 is 0 Å². The molecule has 0 radical (unpaired) electrons. The Morgan fingerprint density at radius 2 is 0.783 bits per heavy atom. The summed E-state index contributed by atoms with van der Waals surface area (Å²) in [5.74, 6) is -7.08. The maximum absolute atomic E-state index is 12.1. The van der Waals surface area contributed by atoms with E-state index in [0.29, 0.717) is 0 Å². The van der Waals surface area contributed by atoms with Gasteiger partial charge in [-0.2, -0.15) is 0 Å². The van der Waals surface area contributed by atoms with Crippen LogP contribution in [-0.2, 0) is 42.9 Å². The molecule has 2 aliphatic rings. The zero-order valence-electron chi connectivity index (χ0n) is 13.1. The van der Waals surface area contributed by atoms with Gasteiger partial charge in [-0.15, -0.1) is 0 Å². The molecule has 0 N–H and O–H groups in total. The predicted molar refractivity (Wildman–Crippen MR) is 70.7 cm³/mol. The van der Waals surface area contributed by atoms with Crippen molar-refractivity contribution in [2.75, 3.05) is 28.4 Å². The number of hydrogen-bond donors (Lipinski definition) is 0. The summed E-state index contributed by atoms with van der Waals surface area (Å²) in [6, 6.07) is 0. The number of fused-ring (bicyclic) bond motifs is 2. The van der Waals surface area contributed by atoms with Crippen LogP contribution in [0.4, 0.5) is 0 Å². The summed E-state index contributed by atoms with van der Waals surface area (Å²) < 4.78 is 24.4. The van der Waals surface area contributed by atoms with Gasteiger partial charge in [0.2, 0.25) is 0 Å². The van der Waals surface area contributed by atoms with Gasteiger partial charge in [0.25, 0.3) is 0 Å². The molecule has 9 heteroatoms. The van der Waals surface area contributed by atoms with Crippen LogP contribution < -0.4 is 0 Å². The second kappa shape index (κ2) is 6.53. The number of carbonyl (C=O) groups excluding carboxylic acids is 4. The lowest BCUT2D eigenvalue weighted by Crippen LogP contribution is -2.52. The lowest BCUT2D eigenvalue weighted by molar-refractivity contribution is -0.168. The highest BCUT2D eigenvalue weighted by Gasteiger charge is 2.69. The molecule has 2 heterocycles.